The molecule has 1 N–H and O–H groups in total. The van der Waals surface area contributed by atoms with Crippen molar-refractivity contribution in [2.24, 2.45) is 0 Å². The molecule has 1 aromatic heterocycles. The summed E-state index contributed by atoms with van der Waals surface area (Å²) >= 11 is 0. The highest BCUT2D eigenvalue weighted by atomic mass is 16.5. The van der Waals surface area contributed by atoms with Crippen molar-refractivity contribution in [3.63, 3.8) is 0 Å². The second-order valence-corrected chi connectivity index (χ2v) is 7.36. The largest absolute Gasteiger partial charge is 0.451 e. The molecule has 1 aliphatic rings. The summed E-state index contributed by atoms with van der Waals surface area (Å²) in [6, 6.07) is 10.7. The Morgan fingerprint density at radius 2 is 2.00 bits per heavy atom. The number of amides is 1. The van der Waals surface area contributed by atoms with E-state index < -0.39 is 18.5 Å². The van der Waals surface area contributed by atoms with E-state index in [1.165, 1.54) is 19.1 Å². The number of nitrogens with zero attached hydrogens (tertiary/aromatic N) is 2. The Labute approximate surface area is 174 Å². The SMILES string of the molecule is CC(=O)c1cccc(NC(=O)COC(=O)/C(C#N)=C/c2cc(C)n(C3CC3)c2C)c1. The van der Waals surface area contributed by atoms with Gasteiger partial charge in [0.15, 0.2) is 12.4 Å². The number of ketones is 1. The number of esters is 1. The molecular formula is C23H23N3O4. The van der Waals surface area contributed by atoms with E-state index in [0.717, 1.165) is 29.8 Å². The first-order valence-electron chi connectivity index (χ1n) is 9.68. The van der Waals surface area contributed by atoms with Gasteiger partial charge in [0.2, 0.25) is 0 Å². The van der Waals surface area contributed by atoms with Crippen molar-refractivity contribution in [3.8, 4) is 6.07 Å². The van der Waals surface area contributed by atoms with Crippen molar-refractivity contribution in [2.75, 3.05) is 11.9 Å². The average Bonchev–Trinajstić information content (AvgIpc) is 3.50. The third kappa shape index (κ3) is 4.84. The minimum atomic E-state index is -0.860. The number of benzene rings is 1. The summed E-state index contributed by atoms with van der Waals surface area (Å²) in [5.74, 6) is -1.54. The van der Waals surface area contributed by atoms with E-state index in [4.69, 9.17) is 4.74 Å². The fraction of sp³-hybridized carbons (Fsp3) is 0.304. The van der Waals surface area contributed by atoms with Gasteiger partial charge in [-0.1, -0.05) is 12.1 Å². The van der Waals surface area contributed by atoms with E-state index in [9.17, 15) is 19.6 Å². The molecule has 154 valence electrons. The van der Waals surface area contributed by atoms with E-state index in [0.29, 0.717) is 17.3 Å². The second-order valence-electron chi connectivity index (χ2n) is 7.36. The summed E-state index contributed by atoms with van der Waals surface area (Å²) in [6.07, 6.45) is 3.77. The lowest BCUT2D eigenvalue weighted by Gasteiger charge is -2.08. The first-order chi connectivity index (χ1) is 14.3. The van der Waals surface area contributed by atoms with Crippen LogP contribution < -0.4 is 5.32 Å². The molecule has 7 heteroatoms. The Morgan fingerprint density at radius 1 is 1.27 bits per heavy atom. The average molecular weight is 405 g/mol. The molecule has 0 bridgehead atoms. The number of aromatic nitrogens is 1. The smallest absolute Gasteiger partial charge is 0.349 e. The van der Waals surface area contributed by atoms with E-state index >= 15 is 0 Å². The molecule has 1 saturated carbocycles. The van der Waals surface area contributed by atoms with E-state index in [-0.39, 0.29) is 11.4 Å². The van der Waals surface area contributed by atoms with Crippen molar-refractivity contribution in [3.05, 3.63) is 58.4 Å². The van der Waals surface area contributed by atoms with Gasteiger partial charge in [0.25, 0.3) is 5.91 Å². The molecule has 0 radical (unpaired) electrons. The molecule has 1 aliphatic carbocycles. The van der Waals surface area contributed by atoms with Crippen LogP contribution in [0, 0.1) is 25.2 Å². The summed E-state index contributed by atoms with van der Waals surface area (Å²) in [7, 11) is 0. The van der Waals surface area contributed by atoms with E-state index in [1.807, 2.05) is 26.0 Å². The molecule has 0 spiro atoms. The van der Waals surface area contributed by atoms with Crippen LogP contribution >= 0.6 is 0 Å². The maximum absolute atomic E-state index is 12.3. The normalized spacial score (nSPS) is 13.5. The van der Waals surface area contributed by atoms with E-state index in [2.05, 4.69) is 9.88 Å². The zero-order valence-electron chi connectivity index (χ0n) is 17.2. The highest BCUT2D eigenvalue weighted by molar-refractivity contribution is 6.01. The second kappa shape index (κ2) is 8.78. The Morgan fingerprint density at radius 3 is 2.63 bits per heavy atom. The van der Waals surface area contributed by atoms with Gasteiger partial charge in [-0.2, -0.15) is 5.26 Å². The Bertz CT molecular complexity index is 1080. The summed E-state index contributed by atoms with van der Waals surface area (Å²) in [6.45, 7) is 4.85. The van der Waals surface area contributed by atoms with Gasteiger partial charge in [-0.25, -0.2) is 4.79 Å². The standard InChI is InChI=1S/C23H23N3O4/c1-14-9-18(15(2)26(14)21-7-8-21)10-19(12-24)23(29)30-13-22(28)25-20-6-4-5-17(11-20)16(3)27/h4-6,9-11,21H,7-8,13H2,1-3H3,(H,25,28)/b19-10+. The number of nitrogens with one attached hydrogen (secondary N) is 1. The van der Waals surface area contributed by atoms with Crippen molar-refractivity contribution in [1.82, 2.24) is 4.57 Å². The van der Waals surface area contributed by atoms with Gasteiger partial charge >= 0.3 is 5.97 Å². The zero-order valence-corrected chi connectivity index (χ0v) is 17.2. The van der Waals surface area contributed by atoms with Gasteiger partial charge in [-0.3, -0.25) is 9.59 Å². The fourth-order valence-corrected chi connectivity index (χ4v) is 3.36. The summed E-state index contributed by atoms with van der Waals surface area (Å²) in [5.41, 5.74) is 3.59. The molecule has 3 rings (SSSR count). The maximum Gasteiger partial charge on any atom is 0.349 e. The molecule has 1 heterocycles. The van der Waals surface area contributed by atoms with Crippen LogP contribution in [0.1, 0.15) is 53.1 Å². The van der Waals surface area contributed by atoms with Gasteiger partial charge in [-0.15, -0.1) is 0 Å². The van der Waals surface area contributed by atoms with Crippen molar-refractivity contribution >= 4 is 29.4 Å². The van der Waals surface area contributed by atoms with Crippen LogP contribution in [0.5, 0.6) is 0 Å². The Hall–Kier alpha value is -3.66. The molecule has 1 amide bonds. The molecule has 1 fully saturated rings. The number of carbonyl (C=O) groups is 3. The highest BCUT2D eigenvalue weighted by Crippen LogP contribution is 2.38. The number of rotatable bonds is 7. The van der Waals surface area contributed by atoms with Crippen molar-refractivity contribution < 1.29 is 19.1 Å². The van der Waals surface area contributed by atoms with Gasteiger partial charge in [-0.05, 0) is 63.5 Å². The molecule has 0 aliphatic heterocycles. The number of anilines is 1. The molecule has 1 aromatic carbocycles. The lowest BCUT2D eigenvalue weighted by atomic mass is 10.1. The summed E-state index contributed by atoms with van der Waals surface area (Å²) in [4.78, 5) is 35.8. The quantitative estimate of drug-likeness (QED) is 0.327. The van der Waals surface area contributed by atoms with Crippen LogP contribution in [-0.2, 0) is 14.3 Å². The number of hydrogen-bond donors (Lipinski definition) is 1. The fourth-order valence-electron chi connectivity index (χ4n) is 3.36. The number of carbonyl (C=O) groups excluding carboxylic acids is 3. The van der Waals surface area contributed by atoms with Crippen LogP contribution in [-0.4, -0.2) is 28.8 Å². The van der Waals surface area contributed by atoms with Crippen LogP contribution in [0.3, 0.4) is 0 Å². The first-order valence-corrected chi connectivity index (χ1v) is 9.68. The number of hydrogen-bond acceptors (Lipinski definition) is 5. The number of Topliss-reactive ketones (excluding diaryl/α,β-unsaturated/α-hetero) is 1. The zero-order chi connectivity index (χ0) is 21.8. The van der Waals surface area contributed by atoms with Crippen LogP contribution in [0.2, 0.25) is 0 Å². The van der Waals surface area contributed by atoms with Gasteiger partial charge in [0, 0.05) is 28.7 Å². The molecule has 0 saturated heterocycles. The first kappa shape index (κ1) is 21.1. The highest BCUT2D eigenvalue weighted by Gasteiger charge is 2.27. The lowest BCUT2D eigenvalue weighted by molar-refractivity contribution is -0.142. The predicted molar refractivity (Wildman–Crippen MR) is 112 cm³/mol. The number of ether oxygens (including phenoxy) is 1. The topological polar surface area (TPSA) is 101 Å². The summed E-state index contributed by atoms with van der Waals surface area (Å²) in [5, 5.41) is 11.9. The van der Waals surface area contributed by atoms with Crippen molar-refractivity contribution in [2.45, 2.75) is 39.7 Å². The maximum atomic E-state index is 12.3. The third-order valence-electron chi connectivity index (χ3n) is 4.96. The predicted octanol–water partition coefficient (Wildman–Crippen LogP) is 3.73. The van der Waals surface area contributed by atoms with Gasteiger partial charge < -0.3 is 14.6 Å². The van der Waals surface area contributed by atoms with Crippen LogP contribution in [0.15, 0.2) is 35.9 Å². The molecule has 7 nitrogen and oxygen atoms in total. The molecule has 2 aromatic rings. The minimum absolute atomic E-state index is 0.123. The van der Waals surface area contributed by atoms with Crippen molar-refractivity contribution in [1.29, 1.82) is 5.26 Å². The summed E-state index contributed by atoms with van der Waals surface area (Å²) < 4.78 is 7.22. The third-order valence-corrected chi connectivity index (χ3v) is 4.96. The van der Waals surface area contributed by atoms with Gasteiger partial charge in [0.05, 0.1) is 0 Å². The lowest BCUT2D eigenvalue weighted by Crippen LogP contribution is -2.21. The Kier molecular flexibility index (Phi) is 6.17. The Balaban J connectivity index is 1.63. The van der Waals surface area contributed by atoms with E-state index in [1.54, 1.807) is 18.2 Å². The molecular weight excluding hydrogens is 382 g/mol. The molecule has 0 atom stereocenters. The number of nitriles is 1. The van der Waals surface area contributed by atoms with Crippen LogP contribution in [0.25, 0.3) is 6.08 Å². The monoisotopic (exact) mass is 405 g/mol. The van der Waals surface area contributed by atoms with Crippen LogP contribution in [0.4, 0.5) is 5.69 Å². The minimum Gasteiger partial charge on any atom is -0.451 e. The number of aryl methyl sites for hydroxylation is 1. The van der Waals surface area contributed by atoms with Gasteiger partial charge in [0.1, 0.15) is 11.6 Å². The molecule has 30 heavy (non-hydrogen) atoms. The molecule has 0 unspecified atom stereocenters.